The van der Waals surface area contributed by atoms with E-state index in [2.05, 4.69) is 10.6 Å². The molecule has 1 aliphatic heterocycles. The van der Waals surface area contributed by atoms with E-state index in [0.29, 0.717) is 25.6 Å². The number of nitrogens with zero attached hydrogens (tertiary/aromatic N) is 1. The van der Waals surface area contributed by atoms with E-state index in [9.17, 15) is 14.4 Å². The lowest BCUT2D eigenvalue weighted by Gasteiger charge is -2.31. The van der Waals surface area contributed by atoms with Gasteiger partial charge in [0.25, 0.3) is 0 Å². The molecule has 31 heavy (non-hydrogen) atoms. The van der Waals surface area contributed by atoms with Crippen molar-refractivity contribution < 1.29 is 23.9 Å². The highest BCUT2D eigenvalue weighted by Gasteiger charge is 2.22. The number of carbonyl (C=O) groups excluding carboxylic acids is 3. The van der Waals surface area contributed by atoms with Crippen LogP contribution in [0.15, 0.2) is 30.3 Å². The normalized spacial score (nSPS) is 14.9. The SMILES string of the molecule is COc1ccccc1/C=C/C(=O)N1CCC(CNC(=O)CNC(=O)OC(C)(C)C)CC1. The Balaban J connectivity index is 1.69. The maximum Gasteiger partial charge on any atom is 0.408 e. The lowest BCUT2D eigenvalue weighted by Crippen LogP contribution is -2.43. The van der Waals surface area contributed by atoms with E-state index < -0.39 is 11.7 Å². The van der Waals surface area contributed by atoms with Gasteiger partial charge in [-0.05, 0) is 51.7 Å². The number of carbonyl (C=O) groups is 3. The van der Waals surface area contributed by atoms with Gasteiger partial charge in [0.1, 0.15) is 11.4 Å². The van der Waals surface area contributed by atoms with Gasteiger partial charge < -0.3 is 25.0 Å². The van der Waals surface area contributed by atoms with Gasteiger partial charge in [0.2, 0.25) is 11.8 Å². The summed E-state index contributed by atoms with van der Waals surface area (Å²) in [6.45, 7) is 6.97. The third kappa shape index (κ3) is 8.70. The standard InChI is InChI=1S/C23H33N3O5/c1-23(2,3)31-22(29)25-16-20(27)24-15-17-11-13-26(14-12-17)21(28)10-9-18-7-5-6-8-19(18)30-4/h5-10,17H,11-16H2,1-4H3,(H,24,27)(H,25,29)/b10-9+. The van der Waals surface area contributed by atoms with Gasteiger partial charge in [-0.2, -0.15) is 0 Å². The molecule has 0 unspecified atom stereocenters. The van der Waals surface area contributed by atoms with Gasteiger partial charge in [-0.25, -0.2) is 4.79 Å². The van der Waals surface area contributed by atoms with Gasteiger partial charge >= 0.3 is 6.09 Å². The first-order valence-corrected chi connectivity index (χ1v) is 10.5. The molecule has 170 valence electrons. The van der Waals surface area contributed by atoms with Crippen LogP contribution in [0.5, 0.6) is 5.75 Å². The van der Waals surface area contributed by atoms with Crippen molar-refractivity contribution in [2.75, 3.05) is 33.3 Å². The Labute approximate surface area is 184 Å². The summed E-state index contributed by atoms with van der Waals surface area (Å²) in [5, 5.41) is 5.28. The van der Waals surface area contributed by atoms with E-state index in [-0.39, 0.29) is 18.4 Å². The van der Waals surface area contributed by atoms with Crippen LogP contribution in [-0.2, 0) is 14.3 Å². The van der Waals surface area contributed by atoms with Gasteiger partial charge in [0.05, 0.1) is 13.7 Å². The van der Waals surface area contributed by atoms with Crippen LogP contribution < -0.4 is 15.4 Å². The van der Waals surface area contributed by atoms with E-state index in [0.717, 1.165) is 24.2 Å². The maximum atomic E-state index is 12.5. The minimum Gasteiger partial charge on any atom is -0.496 e. The summed E-state index contributed by atoms with van der Waals surface area (Å²) in [6.07, 6.45) is 4.35. The second-order valence-electron chi connectivity index (χ2n) is 8.50. The Kier molecular flexibility index (Phi) is 8.90. The third-order valence-corrected chi connectivity index (χ3v) is 4.85. The molecule has 8 heteroatoms. The van der Waals surface area contributed by atoms with Gasteiger partial charge in [0.15, 0.2) is 0 Å². The van der Waals surface area contributed by atoms with Crippen LogP contribution in [0.4, 0.5) is 4.79 Å². The molecule has 0 aromatic heterocycles. The van der Waals surface area contributed by atoms with E-state index in [1.165, 1.54) is 0 Å². The Morgan fingerprint density at radius 1 is 1.13 bits per heavy atom. The first kappa shape index (κ1) is 24.2. The number of ether oxygens (including phenoxy) is 2. The van der Waals surface area contributed by atoms with Gasteiger partial charge in [0, 0.05) is 31.3 Å². The molecule has 2 N–H and O–H groups in total. The molecule has 1 aromatic carbocycles. The summed E-state index contributed by atoms with van der Waals surface area (Å²) < 4.78 is 10.4. The molecule has 1 aromatic rings. The Morgan fingerprint density at radius 2 is 1.81 bits per heavy atom. The van der Waals surface area contributed by atoms with E-state index >= 15 is 0 Å². The molecule has 0 radical (unpaired) electrons. The van der Waals surface area contributed by atoms with Crippen molar-refractivity contribution in [2.45, 2.75) is 39.2 Å². The molecular weight excluding hydrogens is 398 g/mol. The average Bonchev–Trinajstić information content (AvgIpc) is 2.74. The number of alkyl carbamates (subject to hydrolysis) is 1. The number of nitrogens with one attached hydrogen (secondary N) is 2. The van der Waals surface area contributed by atoms with E-state index in [1.807, 2.05) is 29.2 Å². The third-order valence-electron chi connectivity index (χ3n) is 4.85. The Bertz CT molecular complexity index is 793. The van der Waals surface area contributed by atoms with Crippen molar-refractivity contribution in [3.63, 3.8) is 0 Å². The molecule has 0 bridgehead atoms. The van der Waals surface area contributed by atoms with Gasteiger partial charge in [-0.15, -0.1) is 0 Å². The zero-order valence-electron chi connectivity index (χ0n) is 18.8. The number of hydrogen-bond donors (Lipinski definition) is 2. The van der Waals surface area contributed by atoms with Crippen LogP contribution in [0.3, 0.4) is 0 Å². The monoisotopic (exact) mass is 431 g/mol. The van der Waals surface area contributed by atoms with Crippen LogP contribution >= 0.6 is 0 Å². The summed E-state index contributed by atoms with van der Waals surface area (Å²) >= 11 is 0. The fourth-order valence-corrected chi connectivity index (χ4v) is 3.22. The fraction of sp³-hybridized carbons (Fsp3) is 0.522. The summed E-state index contributed by atoms with van der Waals surface area (Å²) in [5.41, 5.74) is 0.254. The summed E-state index contributed by atoms with van der Waals surface area (Å²) in [7, 11) is 1.60. The first-order valence-electron chi connectivity index (χ1n) is 10.5. The average molecular weight is 432 g/mol. The van der Waals surface area contributed by atoms with Crippen molar-refractivity contribution in [1.29, 1.82) is 0 Å². The van der Waals surface area contributed by atoms with Crippen LogP contribution in [0, 0.1) is 5.92 Å². The number of benzene rings is 1. The van der Waals surface area contributed by atoms with Crippen LogP contribution in [0.2, 0.25) is 0 Å². The molecule has 2 rings (SSSR count). The maximum absolute atomic E-state index is 12.5. The second kappa shape index (κ2) is 11.4. The molecule has 1 saturated heterocycles. The molecule has 0 atom stereocenters. The lowest BCUT2D eigenvalue weighted by atomic mass is 9.96. The number of methoxy groups -OCH3 is 1. The first-order chi connectivity index (χ1) is 14.7. The van der Waals surface area contributed by atoms with Crippen molar-refractivity contribution in [3.8, 4) is 5.75 Å². The molecule has 3 amide bonds. The zero-order chi connectivity index (χ0) is 22.9. The van der Waals surface area contributed by atoms with Crippen molar-refractivity contribution in [3.05, 3.63) is 35.9 Å². The molecule has 1 aliphatic rings. The molecule has 8 nitrogen and oxygen atoms in total. The summed E-state index contributed by atoms with van der Waals surface area (Å²) in [5.74, 6) is 0.731. The summed E-state index contributed by atoms with van der Waals surface area (Å²) in [4.78, 5) is 37.8. The minimum absolute atomic E-state index is 0.0325. The van der Waals surface area contributed by atoms with E-state index in [1.54, 1.807) is 40.0 Å². The smallest absolute Gasteiger partial charge is 0.408 e. The lowest BCUT2D eigenvalue weighted by molar-refractivity contribution is -0.127. The Hall–Kier alpha value is -3.03. The van der Waals surface area contributed by atoms with Crippen LogP contribution in [-0.4, -0.2) is 61.7 Å². The zero-order valence-corrected chi connectivity index (χ0v) is 18.8. The Morgan fingerprint density at radius 3 is 2.45 bits per heavy atom. The molecule has 1 fully saturated rings. The second-order valence-corrected chi connectivity index (χ2v) is 8.50. The highest BCUT2D eigenvalue weighted by atomic mass is 16.6. The molecule has 0 spiro atoms. The van der Waals surface area contributed by atoms with Crippen molar-refractivity contribution in [1.82, 2.24) is 15.5 Å². The van der Waals surface area contributed by atoms with Gasteiger partial charge in [-0.3, -0.25) is 9.59 Å². The molecule has 0 aliphatic carbocycles. The predicted octanol–water partition coefficient (Wildman–Crippen LogP) is 2.59. The largest absolute Gasteiger partial charge is 0.496 e. The van der Waals surface area contributed by atoms with Crippen molar-refractivity contribution >= 4 is 24.0 Å². The van der Waals surface area contributed by atoms with Crippen molar-refractivity contribution in [2.24, 2.45) is 5.92 Å². The molecular formula is C23H33N3O5. The molecule has 1 heterocycles. The quantitative estimate of drug-likeness (QED) is 0.647. The number of hydrogen-bond acceptors (Lipinski definition) is 5. The topological polar surface area (TPSA) is 97.0 Å². The van der Waals surface area contributed by atoms with Crippen LogP contribution in [0.25, 0.3) is 6.08 Å². The number of likely N-dealkylation sites (tertiary alicyclic amines) is 1. The number of piperidine rings is 1. The summed E-state index contributed by atoms with van der Waals surface area (Å²) in [6, 6.07) is 7.53. The number of amides is 3. The number of para-hydroxylation sites is 1. The van der Waals surface area contributed by atoms with Crippen LogP contribution in [0.1, 0.15) is 39.2 Å². The number of rotatable bonds is 7. The highest BCUT2D eigenvalue weighted by Crippen LogP contribution is 2.20. The predicted molar refractivity (Wildman–Crippen MR) is 119 cm³/mol. The minimum atomic E-state index is -0.615. The molecule has 0 saturated carbocycles. The van der Waals surface area contributed by atoms with Gasteiger partial charge in [-0.1, -0.05) is 18.2 Å². The van der Waals surface area contributed by atoms with E-state index in [4.69, 9.17) is 9.47 Å². The highest BCUT2D eigenvalue weighted by molar-refractivity contribution is 5.92. The fourth-order valence-electron chi connectivity index (χ4n) is 3.22.